The molecule has 2 aromatic carbocycles. The lowest BCUT2D eigenvalue weighted by molar-refractivity contribution is -0.125. The average molecular weight is 314 g/mol. The molecule has 0 heterocycles. The number of carbonyl (C=O) groups excluding carboxylic acids is 1. The maximum absolute atomic E-state index is 12.8. The quantitative estimate of drug-likeness (QED) is 0.852. The van der Waals surface area contributed by atoms with Gasteiger partial charge >= 0.3 is 0 Å². The van der Waals surface area contributed by atoms with Crippen LogP contribution in [0, 0.1) is 5.82 Å². The normalized spacial score (nSPS) is 12.2. The Hall–Kier alpha value is -2.20. The van der Waals surface area contributed by atoms with Gasteiger partial charge in [-0.3, -0.25) is 9.69 Å². The van der Waals surface area contributed by atoms with E-state index in [2.05, 4.69) is 17.4 Å². The third kappa shape index (κ3) is 5.49. The van der Waals surface area contributed by atoms with Crippen molar-refractivity contribution in [2.45, 2.75) is 25.9 Å². The Labute approximate surface area is 137 Å². The number of hydrogen-bond donors (Lipinski definition) is 1. The van der Waals surface area contributed by atoms with E-state index in [1.54, 1.807) is 12.1 Å². The third-order valence-electron chi connectivity index (χ3n) is 3.94. The number of benzene rings is 2. The van der Waals surface area contributed by atoms with Gasteiger partial charge in [-0.05, 0) is 43.7 Å². The van der Waals surface area contributed by atoms with Crippen LogP contribution in [0.5, 0.6) is 0 Å². The zero-order chi connectivity index (χ0) is 16.7. The molecular formula is C19H23FN2O. The van der Waals surface area contributed by atoms with Crippen molar-refractivity contribution >= 4 is 5.91 Å². The summed E-state index contributed by atoms with van der Waals surface area (Å²) in [6.07, 6.45) is 0.696. The molecule has 0 saturated heterocycles. The first-order chi connectivity index (χ1) is 11.1. The topological polar surface area (TPSA) is 32.3 Å². The van der Waals surface area contributed by atoms with E-state index in [9.17, 15) is 9.18 Å². The van der Waals surface area contributed by atoms with E-state index in [4.69, 9.17) is 0 Å². The molecule has 1 amide bonds. The molecule has 0 bridgehead atoms. The summed E-state index contributed by atoms with van der Waals surface area (Å²) in [6, 6.07) is 16.2. The fourth-order valence-corrected chi connectivity index (χ4v) is 2.34. The molecule has 1 N–H and O–H groups in total. The Morgan fingerprint density at radius 2 is 1.74 bits per heavy atom. The van der Waals surface area contributed by atoms with Gasteiger partial charge in [-0.1, -0.05) is 42.5 Å². The monoisotopic (exact) mass is 314 g/mol. The van der Waals surface area contributed by atoms with Gasteiger partial charge in [-0.25, -0.2) is 4.39 Å². The minimum atomic E-state index is -0.242. The Bertz CT molecular complexity index is 613. The van der Waals surface area contributed by atoms with Crippen LogP contribution in [0.15, 0.2) is 54.6 Å². The van der Waals surface area contributed by atoms with Crippen LogP contribution in [0.2, 0.25) is 0 Å². The molecule has 1 atom stereocenters. The molecule has 3 nitrogen and oxygen atoms in total. The van der Waals surface area contributed by atoms with Gasteiger partial charge < -0.3 is 5.32 Å². The van der Waals surface area contributed by atoms with Crippen molar-refractivity contribution in [2.24, 2.45) is 0 Å². The van der Waals surface area contributed by atoms with E-state index in [0.717, 1.165) is 12.1 Å². The number of likely N-dealkylation sites (N-methyl/N-ethyl adjacent to an activating group) is 1. The van der Waals surface area contributed by atoms with Crippen LogP contribution in [0.3, 0.4) is 0 Å². The van der Waals surface area contributed by atoms with Crippen LogP contribution in [0.1, 0.15) is 18.1 Å². The van der Waals surface area contributed by atoms with Crippen LogP contribution in [0.4, 0.5) is 4.39 Å². The molecule has 23 heavy (non-hydrogen) atoms. The van der Waals surface area contributed by atoms with E-state index in [0.29, 0.717) is 13.0 Å². The lowest BCUT2D eigenvalue weighted by atomic mass is 10.1. The smallest absolute Gasteiger partial charge is 0.237 e. The standard InChI is InChI=1S/C19H23FN2O/c1-15(22(2)14-17-6-4-3-5-7-17)19(23)21-13-12-16-8-10-18(20)11-9-16/h3-11,15H,12-14H2,1-2H3,(H,21,23). The SMILES string of the molecule is CC(C(=O)NCCc1ccc(F)cc1)N(C)Cc1ccccc1. The Balaban J connectivity index is 1.76. The van der Waals surface area contributed by atoms with Gasteiger partial charge in [0.2, 0.25) is 5.91 Å². The Morgan fingerprint density at radius 3 is 2.39 bits per heavy atom. The summed E-state index contributed by atoms with van der Waals surface area (Å²) in [5.74, 6) is -0.237. The molecule has 2 rings (SSSR count). The van der Waals surface area contributed by atoms with Gasteiger partial charge in [0, 0.05) is 13.1 Å². The Morgan fingerprint density at radius 1 is 1.09 bits per heavy atom. The first kappa shape index (κ1) is 17.2. The van der Waals surface area contributed by atoms with Crippen molar-refractivity contribution in [2.75, 3.05) is 13.6 Å². The molecule has 0 aliphatic heterocycles. The second-order valence-corrected chi connectivity index (χ2v) is 5.74. The number of nitrogens with one attached hydrogen (secondary N) is 1. The highest BCUT2D eigenvalue weighted by Crippen LogP contribution is 2.06. The average Bonchev–Trinajstić information content (AvgIpc) is 2.56. The largest absolute Gasteiger partial charge is 0.354 e. The molecular weight excluding hydrogens is 291 g/mol. The second-order valence-electron chi connectivity index (χ2n) is 5.74. The number of amides is 1. The van der Waals surface area contributed by atoms with Gasteiger partial charge in [0.15, 0.2) is 0 Å². The van der Waals surface area contributed by atoms with E-state index < -0.39 is 0 Å². The van der Waals surface area contributed by atoms with E-state index in [-0.39, 0.29) is 17.8 Å². The zero-order valence-electron chi connectivity index (χ0n) is 13.6. The fourth-order valence-electron chi connectivity index (χ4n) is 2.34. The lowest BCUT2D eigenvalue weighted by Gasteiger charge is -2.24. The second kappa shape index (κ2) is 8.44. The number of halogens is 1. The highest BCUT2D eigenvalue weighted by molar-refractivity contribution is 5.81. The highest BCUT2D eigenvalue weighted by Gasteiger charge is 2.17. The fraction of sp³-hybridized carbons (Fsp3) is 0.316. The number of nitrogens with zero attached hydrogens (tertiary/aromatic N) is 1. The van der Waals surface area contributed by atoms with Crippen molar-refractivity contribution < 1.29 is 9.18 Å². The van der Waals surface area contributed by atoms with Crippen molar-refractivity contribution in [3.8, 4) is 0 Å². The van der Waals surface area contributed by atoms with Crippen LogP contribution in [-0.2, 0) is 17.8 Å². The summed E-state index contributed by atoms with van der Waals surface area (Å²) in [4.78, 5) is 14.2. The Kier molecular flexibility index (Phi) is 6.29. The molecule has 0 aliphatic rings. The summed E-state index contributed by atoms with van der Waals surface area (Å²) in [6.45, 7) is 3.18. The molecule has 2 aromatic rings. The van der Waals surface area contributed by atoms with E-state index >= 15 is 0 Å². The predicted octanol–water partition coefficient (Wildman–Crippen LogP) is 3.00. The van der Waals surface area contributed by atoms with Crippen molar-refractivity contribution in [1.82, 2.24) is 10.2 Å². The maximum atomic E-state index is 12.8. The van der Waals surface area contributed by atoms with Crippen LogP contribution in [0.25, 0.3) is 0 Å². The first-order valence-corrected chi connectivity index (χ1v) is 7.82. The summed E-state index contributed by atoms with van der Waals surface area (Å²) in [7, 11) is 1.94. The molecule has 4 heteroatoms. The van der Waals surface area contributed by atoms with Crippen molar-refractivity contribution in [1.29, 1.82) is 0 Å². The van der Waals surface area contributed by atoms with Gasteiger partial charge in [0.05, 0.1) is 6.04 Å². The van der Waals surface area contributed by atoms with Gasteiger partial charge in [-0.2, -0.15) is 0 Å². The maximum Gasteiger partial charge on any atom is 0.237 e. The van der Waals surface area contributed by atoms with E-state index in [1.165, 1.54) is 17.7 Å². The minimum absolute atomic E-state index is 0.00513. The number of hydrogen-bond acceptors (Lipinski definition) is 2. The summed E-state index contributed by atoms with van der Waals surface area (Å²) in [5.41, 5.74) is 2.19. The minimum Gasteiger partial charge on any atom is -0.354 e. The summed E-state index contributed by atoms with van der Waals surface area (Å²) < 4.78 is 12.8. The molecule has 1 unspecified atom stereocenters. The molecule has 0 aromatic heterocycles. The molecule has 0 aliphatic carbocycles. The zero-order valence-corrected chi connectivity index (χ0v) is 13.6. The van der Waals surface area contributed by atoms with Crippen LogP contribution in [-0.4, -0.2) is 30.4 Å². The molecule has 0 radical (unpaired) electrons. The highest BCUT2D eigenvalue weighted by atomic mass is 19.1. The van der Waals surface area contributed by atoms with Crippen molar-refractivity contribution in [3.63, 3.8) is 0 Å². The van der Waals surface area contributed by atoms with Gasteiger partial charge in [0.1, 0.15) is 5.82 Å². The van der Waals surface area contributed by atoms with Crippen LogP contribution >= 0.6 is 0 Å². The number of carbonyl (C=O) groups is 1. The molecule has 0 fully saturated rings. The van der Waals surface area contributed by atoms with E-state index in [1.807, 2.05) is 37.1 Å². The number of rotatable bonds is 7. The van der Waals surface area contributed by atoms with Crippen molar-refractivity contribution in [3.05, 3.63) is 71.5 Å². The summed E-state index contributed by atoms with van der Waals surface area (Å²) >= 11 is 0. The summed E-state index contributed by atoms with van der Waals surface area (Å²) in [5, 5.41) is 2.94. The van der Waals surface area contributed by atoms with Crippen LogP contribution < -0.4 is 5.32 Å². The lowest BCUT2D eigenvalue weighted by Crippen LogP contribution is -2.43. The molecule has 0 saturated carbocycles. The molecule has 122 valence electrons. The molecule has 0 spiro atoms. The third-order valence-corrected chi connectivity index (χ3v) is 3.94. The van der Waals surface area contributed by atoms with Gasteiger partial charge in [-0.15, -0.1) is 0 Å². The first-order valence-electron chi connectivity index (χ1n) is 7.82. The predicted molar refractivity (Wildman–Crippen MR) is 90.5 cm³/mol. The van der Waals surface area contributed by atoms with Gasteiger partial charge in [0.25, 0.3) is 0 Å².